The summed E-state index contributed by atoms with van der Waals surface area (Å²) in [5.41, 5.74) is 3.42. The summed E-state index contributed by atoms with van der Waals surface area (Å²) in [7, 11) is 0. The van der Waals surface area contributed by atoms with Gasteiger partial charge in [-0.15, -0.1) is 5.10 Å². The van der Waals surface area contributed by atoms with E-state index in [-0.39, 0.29) is 5.41 Å². The Morgan fingerprint density at radius 1 is 1.17 bits per heavy atom. The normalized spacial score (nSPS) is 15.0. The Kier molecular flexibility index (Phi) is 6.74. The number of nitrogens with one attached hydrogen (secondary N) is 2. The van der Waals surface area contributed by atoms with Crippen LogP contribution >= 0.6 is 11.6 Å². The molecule has 0 amide bonds. The average Bonchev–Trinajstić information content (AvgIpc) is 3.61. The van der Waals surface area contributed by atoms with Gasteiger partial charge in [-0.3, -0.25) is 9.97 Å². The Hall–Kier alpha value is -4.29. The van der Waals surface area contributed by atoms with Gasteiger partial charge in [-0.05, 0) is 47.4 Å². The quantitative estimate of drug-likeness (QED) is 0.207. The number of anilines is 2. The highest BCUT2D eigenvalue weighted by Crippen LogP contribution is 2.44. The molecule has 1 aliphatic carbocycles. The van der Waals surface area contributed by atoms with E-state index in [1.165, 1.54) is 0 Å². The van der Waals surface area contributed by atoms with Crippen molar-refractivity contribution in [3.05, 3.63) is 83.0 Å². The fourth-order valence-electron chi connectivity index (χ4n) is 5.05. The first-order valence-electron chi connectivity index (χ1n) is 13.6. The number of hydrogen-bond acceptors (Lipinski definition) is 7. The molecular weight excluding hydrogens is 539 g/mol. The van der Waals surface area contributed by atoms with Gasteiger partial charge in [0.15, 0.2) is 0 Å². The Bertz CT molecular complexity index is 1790. The molecule has 0 bridgehead atoms. The number of fused-ring (bicyclic) bond motifs is 2. The van der Waals surface area contributed by atoms with Gasteiger partial charge in [-0.25, -0.2) is 9.07 Å². The first kappa shape index (κ1) is 26.9. The smallest absolute Gasteiger partial charge is 0.115 e. The van der Waals surface area contributed by atoms with Crippen LogP contribution in [0.4, 0.5) is 15.8 Å². The lowest BCUT2D eigenvalue weighted by molar-refractivity contribution is 0.309. The third-order valence-electron chi connectivity index (χ3n) is 7.55. The van der Waals surface area contributed by atoms with Crippen molar-refractivity contribution in [2.75, 3.05) is 23.9 Å². The summed E-state index contributed by atoms with van der Waals surface area (Å²) in [6, 6.07) is 13.6. The highest BCUT2D eigenvalue weighted by Gasteiger charge is 2.46. The Labute approximate surface area is 242 Å². The predicted octanol–water partition coefficient (Wildman–Crippen LogP) is 7.02. The van der Waals surface area contributed by atoms with Crippen molar-refractivity contribution >= 4 is 44.7 Å². The van der Waals surface area contributed by atoms with E-state index >= 15 is 0 Å². The van der Waals surface area contributed by atoms with Gasteiger partial charge >= 0.3 is 0 Å². The maximum absolute atomic E-state index is 13.9. The summed E-state index contributed by atoms with van der Waals surface area (Å²) < 4.78 is 15.5. The summed E-state index contributed by atoms with van der Waals surface area (Å²) in [6.07, 6.45) is 8.45. The Morgan fingerprint density at radius 3 is 2.73 bits per heavy atom. The number of hydrogen-bond donors (Lipinski definition) is 2. The molecule has 1 unspecified atom stereocenters. The van der Waals surface area contributed by atoms with Gasteiger partial charge in [0.05, 0.1) is 39.6 Å². The number of aromatic nitrogens is 5. The minimum absolute atomic E-state index is 0.0141. The van der Waals surface area contributed by atoms with E-state index in [0.29, 0.717) is 39.7 Å². The van der Waals surface area contributed by atoms with Crippen LogP contribution in [0.25, 0.3) is 21.7 Å². The highest BCUT2D eigenvalue weighted by atomic mass is 35.5. The second-order valence-electron chi connectivity index (χ2n) is 11.9. The van der Waals surface area contributed by atoms with Crippen LogP contribution in [0.2, 0.25) is 5.02 Å². The van der Waals surface area contributed by atoms with E-state index in [0.717, 1.165) is 34.6 Å². The average molecular weight is 569 g/mol. The van der Waals surface area contributed by atoms with Crippen molar-refractivity contribution < 1.29 is 4.39 Å². The van der Waals surface area contributed by atoms with Gasteiger partial charge in [0.2, 0.25) is 0 Å². The van der Waals surface area contributed by atoms with Crippen LogP contribution in [0.5, 0.6) is 0 Å². The van der Waals surface area contributed by atoms with Crippen molar-refractivity contribution in [1.82, 2.24) is 25.0 Å². The summed E-state index contributed by atoms with van der Waals surface area (Å²) >= 11 is 6.78. The molecule has 1 atom stereocenters. The number of pyridine rings is 2. The van der Waals surface area contributed by atoms with E-state index in [9.17, 15) is 9.65 Å². The summed E-state index contributed by atoms with van der Waals surface area (Å²) in [5, 5.41) is 28.9. The molecule has 2 N–H and O–H groups in total. The third-order valence-corrected chi connectivity index (χ3v) is 7.84. The number of halogens is 2. The number of nitriles is 1. The van der Waals surface area contributed by atoms with E-state index < -0.39 is 18.3 Å². The monoisotopic (exact) mass is 568 g/mol. The second kappa shape index (κ2) is 10.3. The molecule has 5 aromatic rings. The van der Waals surface area contributed by atoms with E-state index in [1.54, 1.807) is 17.1 Å². The number of nitrogens with zero attached hydrogens (tertiary/aromatic N) is 6. The zero-order valence-corrected chi connectivity index (χ0v) is 23.9. The molecule has 2 aromatic carbocycles. The van der Waals surface area contributed by atoms with Crippen LogP contribution in [0.15, 0.2) is 61.2 Å². The van der Waals surface area contributed by atoms with Gasteiger partial charge in [0.1, 0.15) is 18.4 Å². The molecule has 1 aliphatic rings. The molecule has 10 heteroatoms. The molecule has 3 heterocycles. The standard InChI is InChI=1S/C31H30ClFN8/c1-30(2,3)18-37-27-20(13-34)14-36-28-23(27)11-21(12-25(28)32)38-29(22-6-4-5-19-7-10-35-15-24(19)22)26-16-41(40-39-26)31(17-33)8-9-31/h4-7,10-12,14-16,29,38H,8-9,17-18H2,1-3H3,(H,36,37). The van der Waals surface area contributed by atoms with Crippen molar-refractivity contribution in [2.24, 2.45) is 5.41 Å². The summed E-state index contributed by atoms with van der Waals surface area (Å²) in [6.45, 7) is 6.55. The fourth-order valence-corrected chi connectivity index (χ4v) is 5.32. The summed E-state index contributed by atoms with van der Waals surface area (Å²) in [4.78, 5) is 8.85. The maximum Gasteiger partial charge on any atom is 0.115 e. The number of alkyl halides is 1. The Balaban J connectivity index is 1.48. The largest absolute Gasteiger partial charge is 0.383 e. The van der Waals surface area contributed by atoms with Gasteiger partial charge in [0.25, 0.3) is 0 Å². The van der Waals surface area contributed by atoms with E-state index in [4.69, 9.17) is 11.6 Å². The predicted molar refractivity (Wildman–Crippen MR) is 160 cm³/mol. The minimum atomic E-state index is -0.602. The van der Waals surface area contributed by atoms with Crippen LogP contribution in [-0.4, -0.2) is 38.2 Å². The summed E-state index contributed by atoms with van der Waals surface area (Å²) in [5.74, 6) is 0. The van der Waals surface area contributed by atoms with Crippen LogP contribution in [-0.2, 0) is 5.54 Å². The van der Waals surface area contributed by atoms with Crippen molar-refractivity contribution in [1.29, 1.82) is 5.26 Å². The fraction of sp³-hybridized carbons (Fsp3) is 0.323. The molecule has 1 saturated carbocycles. The second-order valence-corrected chi connectivity index (χ2v) is 12.3. The van der Waals surface area contributed by atoms with Crippen LogP contribution in [0, 0.1) is 16.7 Å². The van der Waals surface area contributed by atoms with Crippen LogP contribution in [0.1, 0.15) is 56.5 Å². The van der Waals surface area contributed by atoms with E-state index in [1.807, 2.05) is 48.8 Å². The molecule has 8 nitrogen and oxygen atoms in total. The lowest BCUT2D eigenvalue weighted by Crippen LogP contribution is -2.20. The first-order valence-corrected chi connectivity index (χ1v) is 13.9. The van der Waals surface area contributed by atoms with Gasteiger partial charge in [0, 0.05) is 41.6 Å². The number of rotatable bonds is 8. The Morgan fingerprint density at radius 2 is 2.00 bits per heavy atom. The van der Waals surface area contributed by atoms with Crippen molar-refractivity contribution in [3.63, 3.8) is 0 Å². The lowest BCUT2D eigenvalue weighted by atomic mass is 9.96. The first-order chi connectivity index (χ1) is 19.7. The molecule has 1 fully saturated rings. The van der Waals surface area contributed by atoms with Crippen molar-refractivity contribution in [3.8, 4) is 6.07 Å². The van der Waals surface area contributed by atoms with E-state index in [2.05, 4.69) is 57.8 Å². The highest BCUT2D eigenvalue weighted by molar-refractivity contribution is 6.35. The molecule has 0 aliphatic heterocycles. The maximum atomic E-state index is 13.9. The molecule has 0 saturated heterocycles. The number of benzene rings is 2. The molecule has 6 rings (SSSR count). The topological polar surface area (TPSA) is 104 Å². The molecule has 208 valence electrons. The molecule has 41 heavy (non-hydrogen) atoms. The van der Waals surface area contributed by atoms with Gasteiger partial charge in [-0.1, -0.05) is 55.8 Å². The zero-order valence-electron chi connectivity index (χ0n) is 23.1. The third kappa shape index (κ3) is 5.16. The lowest BCUT2D eigenvalue weighted by Gasteiger charge is -2.23. The zero-order chi connectivity index (χ0) is 28.8. The van der Waals surface area contributed by atoms with Crippen LogP contribution in [0.3, 0.4) is 0 Å². The minimum Gasteiger partial charge on any atom is -0.383 e. The molecule has 0 radical (unpaired) electrons. The molecule has 3 aromatic heterocycles. The molecular formula is C31H30ClFN8. The molecule has 0 spiro atoms. The van der Waals surface area contributed by atoms with Gasteiger partial charge < -0.3 is 10.6 Å². The SMILES string of the molecule is CC(C)(C)CNc1c(C#N)cnc2c(Cl)cc(NC(c3cn(C4(CF)CC4)nn3)c3cccc4ccncc34)cc12. The van der Waals surface area contributed by atoms with Gasteiger partial charge in [-0.2, -0.15) is 5.26 Å². The van der Waals surface area contributed by atoms with Crippen LogP contribution < -0.4 is 10.6 Å². The van der Waals surface area contributed by atoms with Crippen molar-refractivity contribution in [2.45, 2.75) is 45.2 Å².